The van der Waals surface area contributed by atoms with Gasteiger partial charge in [-0.15, -0.1) is 0 Å². The van der Waals surface area contributed by atoms with Crippen molar-refractivity contribution >= 4 is 11.4 Å². The minimum Gasteiger partial charge on any atom is -0.398 e. The van der Waals surface area contributed by atoms with E-state index < -0.39 is 22.4 Å². The molecule has 0 heterocycles. The van der Waals surface area contributed by atoms with Crippen LogP contribution in [-0.2, 0) is 12.6 Å². The quantitative estimate of drug-likeness (QED) is 0.486. The summed E-state index contributed by atoms with van der Waals surface area (Å²) >= 11 is 0. The molecule has 0 amide bonds. The Labute approximate surface area is 89.0 Å². The summed E-state index contributed by atoms with van der Waals surface area (Å²) in [4.78, 5) is 9.46. The maximum absolute atomic E-state index is 12.7. The molecule has 1 rings (SSSR count). The second-order valence-corrected chi connectivity index (χ2v) is 3.14. The largest absolute Gasteiger partial charge is 0.423 e. The standard InChI is InChI=1S/C9H9F3N2O2/c1-2-5-6(13)3-4-7(14(15)16)8(5)9(10,11)12/h3-4H,2,13H2,1H3. The number of nitro benzene ring substituents is 1. The lowest BCUT2D eigenvalue weighted by molar-refractivity contribution is -0.388. The lowest BCUT2D eigenvalue weighted by Gasteiger charge is -2.13. The van der Waals surface area contributed by atoms with Gasteiger partial charge < -0.3 is 5.73 Å². The van der Waals surface area contributed by atoms with Crippen LogP contribution in [0.3, 0.4) is 0 Å². The molecule has 0 aromatic heterocycles. The van der Waals surface area contributed by atoms with Crippen molar-refractivity contribution in [2.24, 2.45) is 0 Å². The maximum atomic E-state index is 12.7. The number of halogens is 3. The Morgan fingerprint density at radius 2 is 2.00 bits per heavy atom. The van der Waals surface area contributed by atoms with E-state index in [0.717, 1.165) is 12.1 Å². The zero-order valence-electron chi connectivity index (χ0n) is 8.34. The van der Waals surface area contributed by atoms with Crippen LogP contribution in [0.4, 0.5) is 24.5 Å². The van der Waals surface area contributed by atoms with E-state index in [1.165, 1.54) is 6.92 Å². The Bertz CT molecular complexity index is 429. The van der Waals surface area contributed by atoms with Crippen LogP contribution in [0.2, 0.25) is 0 Å². The Morgan fingerprint density at radius 3 is 2.38 bits per heavy atom. The molecule has 0 saturated heterocycles. The zero-order chi connectivity index (χ0) is 12.5. The van der Waals surface area contributed by atoms with E-state index >= 15 is 0 Å². The van der Waals surface area contributed by atoms with Crippen molar-refractivity contribution < 1.29 is 18.1 Å². The van der Waals surface area contributed by atoms with Crippen LogP contribution < -0.4 is 5.73 Å². The summed E-state index contributed by atoms with van der Waals surface area (Å²) in [6, 6.07) is 1.89. The van der Waals surface area contributed by atoms with Gasteiger partial charge in [-0.25, -0.2) is 0 Å². The number of benzene rings is 1. The highest BCUT2D eigenvalue weighted by Crippen LogP contribution is 2.40. The van der Waals surface area contributed by atoms with Gasteiger partial charge in [0.05, 0.1) is 4.92 Å². The number of anilines is 1. The van der Waals surface area contributed by atoms with Gasteiger partial charge in [0, 0.05) is 11.8 Å². The summed E-state index contributed by atoms with van der Waals surface area (Å²) < 4.78 is 38.0. The second-order valence-electron chi connectivity index (χ2n) is 3.14. The minimum absolute atomic E-state index is 0.0116. The number of hydrogen-bond donors (Lipinski definition) is 1. The third-order valence-electron chi connectivity index (χ3n) is 2.16. The van der Waals surface area contributed by atoms with Crippen LogP contribution in [0.5, 0.6) is 0 Å². The van der Waals surface area contributed by atoms with Crippen LogP contribution in [0.1, 0.15) is 18.1 Å². The van der Waals surface area contributed by atoms with Gasteiger partial charge >= 0.3 is 6.18 Å². The second kappa shape index (κ2) is 3.99. The van der Waals surface area contributed by atoms with E-state index in [1.54, 1.807) is 0 Å². The normalized spacial score (nSPS) is 11.5. The lowest BCUT2D eigenvalue weighted by Crippen LogP contribution is -2.14. The summed E-state index contributed by atoms with van der Waals surface area (Å²) in [5.41, 5.74) is 2.85. The predicted molar refractivity (Wildman–Crippen MR) is 51.9 cm³/mol. The first-order chi connectivity index (χ1) is 7.29. The fourth-order valence-electron chi connectivity index (χ4n) is 1.50. The van der Waals surface area contributed by atoms with Crippen molar-refractivity contribution in [3.8, 4) is 0 Å². The smallest absolute Gasteiger partial charge is 0.398 e. The van der Waals surface area contributed by atoms with Crippen molar-refractivity contribution in [1.82, 2.24) is 0 Å². The summed E-state index contributed by atoms with van der Waals surface area (Å²) in [6.07, 6.45) is -4.79. The average molecular weight is 234 g/mol. The summed E-state index contributed by atoms with van der Waals surface area (Å²) in [5.74, 6) is 0. The first-order valence-corrected chi connectivity index (χ1v) is 4.42. The lowest BCUT2D eigenvalue weighted by atomic mass is 10.0. The molecular formula is C9H9F3N2O2. The molecular weight excluding hydrogens is 225 g/mol. The van der Waals surface area contributed by atoms with Crippen molar-refractivity contribution in [3.05, 3.63) is 33.4 Å². The number of rotatable bonds is 2. The first kappa shape index (κ1) is 12.3. The van der Waals surface area contributed by atoms with Gasteiger partial charge in [0.1, 0.15) is 5.56 Å². The van der Waals surface area contributed by atoms with Crippen molar-refractivity contribution in [2.45, 2.75) is 19.5 Å². The molecule has 16 heavy (non-hydrogen) atoms. The van der Waals surface area contributed by atoms with Gasteiger partial charge in [0.25, 0.3) is 5.69 Å². The molecule has 0 aliphatic rings. The summed E-state index contributed by atoms with van der Waals surface area (Å²) in [7, 11) is 0. The Kier molecular flexibility index (Phi) is 3.06. The number of nitrogens with two attached hydrogens (primary N) is 1. The van der Waals surface area contributed by atoms with Crippen molar-refractivity contribution in [2.75, 3.05) is 5.73 Å². The number of hydrogen-bond acceptors (Lipinski definition) is 3. The molecule has 88 valence electrons. The number of nitrogens with zero attached hydrogens (tertiary/aromatic N) is 1. The number of nitrogen functional groups attached to an aromatic ring is 1. The molecule has 1 aromatic carbocycles. The van der Waals surface area contributed by atoms with Crippen LogP contribution in [0.15, 0.2) is 12.1 Å². The number of alkyl halides is 3. The molecule has 4 nitrogen and oxygen atoms in total. The summed E-state index contributed by atoms with van der Waals surface area (Å²) in [5, 5.41) is 10.5. The molecule has 0 radical (unpaired) electrons. The van der Waals surface area contributed by atoms with Gasteiger partial charge in [0.2, 0.25) is 0 Å². The van der Waals surface area contributed by atoms with Gasteiger partial charge in [-0.3, -0.25) is 10.1 Å². The fourth-order valence-corrected chi connectivity index (χ4v) is 1.50. The first-order valence-electron chi connectivity index (χ1n) is 4.42. The molecule has 0 unspecified atom stereocenters. The van der Waals surface area contributed by atoms with E-state index in [2.05, 4.69) is 0 Å². The minimum atomic E-state index is -4.77. The van der Waals surface area contributed by atoms with E-state index in [0.29, 0.717) is 0 Å². The summed E-state index contributed by atoms with van der Waals surface area (Å²) in [6.45, 7) is 1.46. The van der Waals surface area contributed by atoms with Gasteiger partial charge in [-0.05, 0) is 18.1 Å². The molecule has 7 heteroatoms. The molecule has 0 saturated carbocycles. The molecule has 2 N–H and O–H groups in total. The van der Waals surface area contributed by atoms with Gasteiger partial charge in [-0.2, -0.15) is 13.2 Å². The van der Waals surface area contributed by atoms with Crippen LogP contribution in [0.25, 0.3) is 0 Å². The maximum Gasteiger partial charge on any atom is 0.423 e. The Morgan fingerprint density at radius 1 is 1.44 bits per heavy atom. The number of nitro groups is 1. The molecule has 1 aromatic rings. The topological polar surface area (TPSA) is 69.2 Å². The highest BCUT2D eigenvalue weighted by Gasteiger charge is 2.41. The molecule has 0 fully saturated rings. The monoisotopic (exact) mass is 234 g/mol. The van der Waals surface area contributed by atoms with Gasteiger partial charge in [0.15, 0.2) is 0 Å². The van der Waals surface area contributed by atoms with Crippen LogP contribution >= 0.6 is 0 Å². The molecule has 0 aliphatic carbocycles. The van der Waals surface area contributed by atoms with E-state index in [1.807, 2.05) is 0 Å². The van der Waals surface area contributed by atoms with E-state index in [9.17, 15) is 23.3 Å². The van der Waals surface area contributed by atoms with E-state index in [-0.39, 0.29) is 17.7 Å². The Hall–Kier alpha value is -1.79. The molecule has 0 spiro atoms. The van der Waals surface area contributed by atoms with E-state index in [4.69, 9.17) is 5.73 Å². The third-order valence-corrected chi connectivity index (χ3v) is 2.16. The predicted octanol–water partition coefficient (Wildman–Crippen LogP) is 2.76. The van der Waals surface area contributed by atoms with Crippen molar-refractivity contribution in [1.29, 1.82) is 0 Å². The highest BCUT2D eigenvalue weighted by molar-refractivity contribution is 5.60. The molecule has 0 bridgehead atoms. The van der Waals surface area contributed by atoms with Crippen LogP contribution in [-0.4, -0.2) is 4.92 Å². The Balaban J connectivity index is 3.61. The zero-order valence-corrected chi connectivity index (χ0v) is 8.34. The third kappa shape index (κ3) is 2.07. The molecule has 0 atom stereocenters. The molecule has 0 aliphatic heterocycles. The highest BCUT2D eigenvalue weighted by atomic mass is 19.4. The average Bonchev–Trinajstić information content (AvgIpc) is 2.15. The SMILES string of the molecule is CCc1c(N)ccc([N+](=O)[O-])c1C(F)(F)F. The van der Waals surface area contributed by atoms with Crippen molar-refractivity contribution in [3.63, 3.8) is 0 Å². The van der Waals surface area contributed by atoms with Gasteiger partial charge in [-0.1, -0.05) is 6.92 Å². The van der Waals surface area contributed by atoms with Crippen LogP contribution in [0, 0.1) is 10.1 Å². The fraction of sp³-hybridized carbons (Fsp3) is 0.333.